The third-order valence-corrected chi connectivity index (χ3v) is 3.66. The van der Waals surface area contributed by atoms with Crippen molar-refractivity contribution < 1.29 is 4.79 Å². The molecule has 0 aliphatic rings. The van der Waals surface area contributed by atoms with E-state index in [0.29, 0.717) is 13.1 Å². The predicted octanol–water partition coefficient (Wildman–Crippen LogP) is 2.45. The average molecular weight is 309 g/mol. The zero-order valence-electron chi connectivity index (χ0n) is 13.0. The molecule has 3 rings (SSSR count). The summed E-state index contributed by atoms with van der Waals surface area (Å²) in [5.74, 6) is 0.854. The number of carbonyl (C=O) groups excluding carboxylic acids is 1. The van der Waals surface area contributed by atoms with Crippen molar-refractivity contribution in [3.05, 3.63) is 60.2 Å². The van der Waals surface area contributed by atoms with Gasteiger partial charge in [-0.1, -0.05) is 12.1 Å². The molecule has 118 valence electrons. The molecule has 0 saturated heterocycles. The van der Waals surface area contributed by atoms with Crippen LogP contribution in [0.25, 0.3) is 11.0 Å². The zero-order chi connectivity index (χ0) is 16.1. The van der Waals surface area contributed by atoms with Gasteiger partial charge in [-0.2, -0.15) is 0 Å². The lowest BCUT2D eigenvalue weighted by molar-refractivity contribution is 0.239. The number of pyridine rings is 1. The number of aromatic nitrogens is 3. The van der Waals surface area contributed by atoms with Gasteiger partial charge in [-0.3, -0.25) is 4.98 Å². The molecule has 0 unspecified atom stereocenters. The number of para-hydroxylation sites is 2. The van der Waals surface area contributed by atoms with Crippen LogP contribution in [0.4, 0.5) is 4.79 Å². The van der Waals surface area contributed by atoms with E-state index in [1.807, 2.05) is 36.4 Å². The number of fused-ring (bicyclic) bond motifs is 1. The van der Waals surface area contributed by atoms with E-state index < -0.39 is 0 Å². The number of nitrogens with zero attached hydrogens (tertiary/aromatic N) is 3. The third kappa shape index (κ3) is 3.48. The Morgan fingerprint density at radius 1 is 1.09 bits per heavy atom. The molecule has 6 heteroatoms. The van der Waals surface area contributed by atoms with Crippen molar-refractivity contribution in [3.8, 4) is 0 Å². The number of amides is 2. The lowest BCUT2D eigenvalue weighted by atomic mass is 10.3. The highest BCUT2D eigenvalue weighted by Gasteiger charge is 2.10. The van der Waals surface area contributed by atoms with Crippen molar-refractivity contribution in [2.75, 3.05) is 0 Å². The average Bonchev–Trinajstić information content (AvgIpc) is 2.96. The van der Waals surface area contributed by atoms with Gasteiger partial charge < -0.3 is 15.2 Å². The molecule has 0 spiro atoms. The molecule has 0 saturated carbocycles. The Morgan fingerprint density at radius 2 is 1.83 bits per heavy atom. The Hall–Kier alpha value is -2.89. The number of imidazole rings is 1. The van der Waals surface area contributed by atoms with Gasteiger partial charge in [-0.05, 0) is 36.8 Å². The fourth-order valence-electron chi connectivity index (χ4n) is 2.52. The summed E-state index contributed by atoms with van der Waals surface area (Å²) in [6, 6.07) is 11.5. The first-order valence-corrected chi connectivity index (χ1v) is 7.62. The van der Waals surface area contributed by atoms with E-state index in [9.17, 15) is 4.79 Å². The normalized spacial score (nSPS) is 10.7. The van der Waals surface area contributed by atoms with Crippen LogP contribution in [-0.4, -0.2) is 20.6 Å². The second-order valence-corrected chi connectivity index (χ2v) is 5.15. The number of rotatable bonds is 5. The van der Waals surface area contributed by atoms with Crippen molar-refractivity contribution in [1.29, 1.82) is 0 Å². The fourth-order valence-corrected chi connectivity index (χ4v) is 2.52. The second kappa shape index (κ2) is 6.91. The Bertz CT molecular complexity index is 797. The zero-order valence-corrected chi connectivity index (χ0v) is 13.0. The number of nitrogens with one attached hydrogen (secondary N) is 2. The first kappa shape index (κ1) is 15.0. The molecule has 6 nitrogen and oxygen atoms in total. The van der Waals surface area contributed by atoms with Crippen molar-refractivity contribution in [1.82, 2.24) is 25.2 Å². The summed E-state index contributed by atoms with van der Waals surface area (Å²) in [6.45, 7) is 3.75. The Balaban J connectivity index is 1.60. The maximum Gasteiger partial charge on any atom is 0.315 e. The minimum atomic E-state index is -0.212. The van der Waals surface area contributed by atoms with E-state index in [2.05, 4.69) is 32.1 Å². The molecular weight excluding hydrogens is 290 g/mol. The van der Waals surface area contributed by atoms with Crippen LogP contribution in [0.5, 0.6) is 0 Å². The molecule has 0 radical (unpaired) electrons. The molecule has 0 bridgehead atoms. The van der Waals surface area contributed by atoms with E-state index >= 15 is 0 Å². The third-order valence-electron chi connectivity index (χ3n) is 3.66. The summed E-state index contributed by atoms with van der Waals surface area (Å²) in [6.07, 6.45) is 3.41. The predicted molar refractivity (Wildman–Crippen MR) is 88.7 cm³/mol. The van der Waals surface area contributed by atoms with Crippen LogP contribution in [-0.2, 0) is 19.6 Å². The topological polar surface area (TPSA) is 71.8 Å². The van der Waals surface area contributed by atoms with Gasteiger partial charge in [0.15, 0.2) is 0 Å². The lowest BCUT2D eigenvalue weighted by Gasteiger charge is -2.09. The molecule has 2 amide bonds. The molecule has 2 aromatic heterocycles. The van der Waals surface area contributed by atoms with E-state index in [1.165, 1.54) is 0 Å². The first-order chi connectivity index (χ1) is 11.3. The number of benzene rings is 1. The minimum absolute atomic E-state index is 0.212. The summed E-state index contributed by atoms with van der Waals surface area (Å²) >= 11 is 0. The van der Waals surface area contributed by atoms with Gasteiger partial charge in [0.05, 0.1) is 17.6 Å². The number of hydrogen-bond acceptors (Lipinski definition) is 3. The van der Waals surface area contributed by atoms with Crippen molar-refractivity contribution in [3.63, 3.8) is 0 Å². The van der Waals surface area contributed by atoms with E-state index in [-0.39, 0.29) is 6.03 Å². The molecule has 0 fully saturated rings. The summed E-state index contributed by atoms with van der Waals surface area (Å²) in [5, 5.41) is 5.68. The smallest absolute Gasteiger partial charge is 0.315 e. The van der Waals surface area contributed by atoms with Crippen molar-refractivity contribution >= 4 is 17.1 Å². The van der Waals surface area contributed by atoms with Gasteiger partial charge in [0, 0.05) is 25.5 Å². The van der Waals surface area contributed by atoms with Gasteiger partial charge in [0.1, 0.15) is 5.82 Å². The van der Waals surface area contributed by atoms with Crippen LogP contribution in [0.1, 0.15) is 18.3 Å². The fraction of sp³-hybridized carbons (Fsp3) is 0.235. The number of urea groups is 1. The monoisotopic (exact) mass is 309 g/mol. The second-order valence-electron chi connectivity index (χ2n) is 5.15. The summed E-state index contributed by atoms with van der Waals surface area (Å²) in [5.41, 5.74) is 3.04. The minimum Gasteiger partial charge on any atom is -0.334 e. The quantitative estimate of drug-likeness (QED) is 0.760. The van der Waals surface area contributed by atoms with Gasteiger partial charge in [-0.25, -0.2) is 9.78 Å². The van der Waals surface area contributed by atoms with Crippen LogP contribution in [0.15, 0.2) is 48.8 Å². The molecule has 1 aromatic carbocycles. The van der Waals surface area contributed by atoms with E-state index in [1.54, 1.807) is 12.4 Å². The summed E-state index contributed by atoms with van der Waals surface area (Å²) < 4.78 is 2.11. The first-order valence-electron chi connectivity index (χ1n) is 7.62. The highest BCUT2D eigenvalue weighted by Crippen LogP contribution is 2.15. The molecule has 0 atom stereocenters. The Morgan fingerprint density at radius 3 is 2.61 bits per heavy atom. The molecular formula is C17H19N5O. The SMILES string of the molecule is CCn1c(CNC(=O)NCc2ccncc2)nc2ccccc21. The van der Waals surface area contributed by atoms with Crippen LogP contribution < -0.4 is 10.6 Å². The number of carbonyl (C=O) groups is 1. The largest absolute Gasteiger partial charge is 0.334 e. The lowest BCUT2D eigenvalue weighted by Crippen LogP contribution is -2.35. The molecule has 3 aromatic rings. The van der Waals surface area contributed by atoms with Gasteiger partial charge in [0.25, 0.3) is 0 Å². The van der Waals surface area contributed by atoms with Crippen molar-refractivity contribution in [2.45, 2.75) is 26.6 Å². The molecule has 23 heavy (non-hydrogen) atoms. The highest BCUT2D eigenvalue weighted by molar-refractivity contribution is 5.76. The number of aryl methyl sites for hydroxylation is 1. The van der Waals surface area contributed by atoms with Crippen LogP contribution >= 0.6 is 0 Å². The highest BCUT2D eigenvalue weighted by atomic mass is 16.2. The van der Waals surface area contributed by atoms with Crippen molar-refractivity contribution in [2.24, 2.45) is 0 Å². The maximum absolute atomic E-state index is 11.9. The van der Waals surface area contributed by atoms with Gasteiger partial charge in [-0.15, -0.1) is 0 Å². The van der Waals surface area contributed by atoms with E-state index in [4.69, 9.17) is 0 Å². The molecule has 0 aliphatic carbocycles. The molecule has 2 heterocycles. The standard InChI is InChI=1S/C17H19N5O/c1-2-22-15-6-4-3-5-14(15)21-16(22)12-20-17(23)19-11-13-7-9-18-10-8-13/h3-10H,2,11-12H2,1H3,(H2,19,20,23). The Labute approximate surface area is 134 Å². The molecule has 0 aliphatic heterocycles. The summed E-state index contributed by atoms with van der Waals surface area (Å²) in [7, 11) is 0. The van der Waals surface area contributed by atoms with Crippen LogP contribution in [0.2, 0.25) is 0 Å². The van der Waals surface area contributed by atoms with E-state index in [0.717, 1.165) is 29.0 Å². The van der Waals surface area contributed by atoms with Crippen LogP contribution in [0, 0.1) is 0 Å². The Kier molecular flexibility index (Phi) is 4.52. The van der Waals surface area contributed by atoms with Crippen LogP contribution in [0.3, 0.4) is 0 Å². The number of hydrogen-bond donors (Lipinski definition) is 2. The van der Waals surface area contributed by atoms with Gasteiger partial charge in [0.2, 0.25) is 0 Å². The van der Waals surface area contributed by atoms with Gasteiger partial charge >= 0.3 is 6.03 Å². The molecule has 2 N–H and O–H groups in total. The maximum atomic E-state index is 11.9. The summed E-state index contributed by atoms with van der Waals surface area (Å²) in [4.78, 5) is 20.5.